The average Bonchev–Trinajstić information content (AvgIpc) is 3.34. The number of hydrogen-bond acceptors (Lipinski definition) is 6. The zero-order chi connectivity index (χ0) is 17.3. The van der Waals surface area contributed by atoms with Crippen molar-refractivity contribution in [3.63, 3.8) is 0 Å². The lowest BCUT2D eigenvalue weighted by Crippen LogP contribution is -2.47. The van der Waals surface area contributed by atoms with E-state index in [4.69, 9.17) is 0 Å². The van der Waals surface area contributed by atoms with Crippen molar-refractivity contribution in [3.05, 3.63) is 36.7 Å². The average molecular weight is 341 g/mol. The van der Waals surface area contributed by atoms with E-state index >= 15 is 0 Å². The molecule has 2 aliphatic heterocycles. The first-order chi connectivity index (χ1) is 12.2. The Morgan fingerprint density at radius 1 is 1.44 bits per heavy atom. The van der Waals surface area contributed by atoms with Crippen LogP contribution in [0.4, 0.5) is 5.95 Å². The smallest absolute Gasteiger partial charge is 0.230 e. The summed E-state index contributed by atoms with van der Waals surface area (Å²) < 4.78 is 2.04. The number of imidazole rings is 1. The minimum absolute atomic E-state index is 0.102. The molecular weight excluding hydrogens is 318 g/mol. The maximum Gasteiger partial charge on any atom is 0.230 e. The van der Waals surface area contributed by atoms with E-state index in [0.717, 1.165) is 25.3 Å². The Labute approximate surface area is 146 Å². The summed E-state index contributed by atoms with van der Waals surface area (Å²) in [7, 11) is 0. The molecule has 0 radical (unpaired) electrons. The third kappa shape index (κ3) is 2.76. The molecule has 0 aromatic carbocycles. The molecule has 2 fully saturated rings. The summed E-state index contributed by atoms with van der Waals surface area (Å²) >= 11 is 0. The molecule has 8 nitrogen and oxygen atoms in total. The molecule has 2 aromatic heterocycles. The zero-order valence-electron chi connectivity index (χ0n) is 14.4. The number of nitrogens with one attached hydrogen (secondary N) is 2. The van der Waals surface area contributed by atoms with Crippen LogP contribution in [0.25, 0.3) is 0 Å². The van der Waals surface area contributed by atoms with Crippen LogP contribution in [-0.2, 0) is 17.9 Å². The highest BCUT2D eigenvalue weighted by atomic mass is 16.2. The van der Waals surface area contributed by atoms with E-state index in [1.165, 1.54) is 0 Å². The van der Waals surface area contributed by atoms with E-state index in [1.54, 1.807) is 24.8 Å². The Bertz CT molecular complexity index is 746. The number of aryl methyl sites for hydroxylation is 1. The Morgan fingerprint density at radius 2 is 2.28 bits per heavy atom. The molecule has 0 bridgehead atoms. The monoisotopic (exact) mass is 341 g/mol. The second-order valence-electron chi connectivity index (χ2n) is 6.77. The van der Waals surface area contributed by atoms with Gasteiger partial charge in [-0.3, -0.25) is 4.79 Å². The van der Waals surface area contributed by atoms with Gasteiger partial charge in [-0.25, -0.2) is 15.0 Å². The van der Waals surface area contributed by atoms with Crippen molar-refractivity contribution >= 4 is 11.9 Å². The topological polar surface area (TPSA) is 88.0 Å². The minimum Gasteiger partial charge on any atom is -0.350 e. The van der Waals surface area contributed by atoms with E-state index in [1.807, 2.05) is 10.8 Å². The molecular formula is C17H23N7O. The van der Waals surface area contributed by atoms with Crippen LogP contribution in [0.1, 0.15) is 12.6 Å². The fourth-order valence-corrected chi connectivity index (χ4v) is 3.98. The summed E-state index contributed by atoms with van der Waals surface area (Å²) in [5.41, 5.74) is 0.604. The SMILES string of the molecule is CCn1cncc1CNC(=O)[C@]12CNC[C@H]1CN(c1ncccn1)C2. The normalized spacial score (nSPS) is 25.2. The van der Waals surface area contributed by atoms with E-state index in [-0.39, 0.29) is 11.8 Å². The van der Waals surface area contributed by atoms with Crippen molar-refractivity contribution < 1.29 is 4.79 Å². The first-order valence-corrected chi connectivity index (χ1v) is 8.73. The predicted molar refractivity (Wildman–Crippen MR) is 92.8 cm³/mol. The van der Waals surface area contributed by atoms with Crippen LogP contribution in [0, 0.1) is 11.3 Å². The van der Waals surface area contributed by atoms with Gasteiger partial charge in [0.1, 0.15) is 0 Å². The number of aromatic nitrogens is 4. The molecule has 0 saturated carbocycles. The number of amides is 1. The van der Waals surface area contributed by atoms with Gasteiger partial charge in [0, 0.05) is 57.2 Å². The number of anilines is 1. The van der Waals surface area contributed by atoms with Crippen molar-refractivity contribution in [2.45, 2.75) is 20.0 Å². The lowest BCUT2D eigenvalue weighted by Gasteiger charge is -2.26. The second-order valence-corrected chi connectivity index (χ2v) is 6.77. The van der Waals surface area contributed by atoms with Gasteiger partial charge in [-0.05, 0) is 13.0 Å². The maximum absolute atomic E-state index is 13.1. The lowest BCUT2D eigenvalue weighted by molar-refractivity contribution is -0.130. The fourth-order valence-electron chi connectivity index (χ4n) is 3.98. The number of nitrogens with zero attached hydrogens (tertiary/aromatic N) is 5. The molecule has 2 atom stereocenters. The zero-order valence-corrected chi connectivity index (χ0v) is 14.4. The molecule has 25 heavy (non-hydrogen) atoms. The van der Waals surface area contributed by atoms with Crippen LogP contribution in [0.2, 0.25) is 0 Å². The molecule has 132 valence electrons. The van der Waals surface area contributed by atoms with Crippen LogP contribution in [0.3, 0.4) is 0 Å². The molecule has 2 aromatic rings. The van der Waals surface area contributed by atoms with E-state index in [2.05, 4.69) is 37.4 Å². The molecule has 2 N–H and O–H groups in total. The highest BCUT2D eigenvalue weighted by Gasteiger charge is 2.55. The van der Waals surface area contributed by atoms with Gasteiger partial charge >= 0.3 is 0 Å². The Morgan fingerprint density at radius 3 is 3.08 bits per heavy atom. The predicted octanol–water partition coefficient (Wildman–Crippen LogP) is 0.0352. The Balaban J connectivity index is 1.48. The van der Waals surface area contributed by atoms with Crippen LogP contribution in [0.15, 0.2) is 31.0 Å². The lowest BCUT2D eigenvalue weighted by atomic mass is 9.80. The van der Waals surface area contributed by atoms with Gasteiger partial charge in [-0.1, -0.05) is 0 Å². The molecule has 4 rings (SSSR count). The molecule has 8 heteroatoms. The van der Waals surface area contributed by atoms with Crippen LogP contribution >= 0.6 is 0 Å². The first kappa shape index (κ1) is 16.0. The van der Waals surface area contributed by atoms with Gasteiger partial charge in [0.2, 0.25) is 11.9 Å². The van der Waals surface area contributed by atoms with Gasteiger partial charge in [0.25, 0.3) is 0 Å². The van der Waals surface area contributed by atoms with Gasteiger partial charge < -0.3 is 20.1 Å². The van der Waals surface area contributed by atoms with Crippen molar-refractivity contribution in [3.8, 4) is 0 Å². The van der Waals surface area contributed by atoms with Gasteiger partial charge in [-0.2, -0.15) is 0 Å². The molecule has 1 amide bonds. The minimum atomic E-state index is -0.420. The summed E-state index contributed by atoms with van der Waals surface area (Å²) in [5, 5.41) is 6.52. The number of hydrogen-bond donors (Lipinski definition) is 2. The number of rotatable bonds is 5. The standard InChI is InChI=1S/C17H23N7O/c1-2-23-12-19-7-14(23)8-22-15(25)17-10-18-6-13(17)9-24(11-17)16-20-4-3-5-21-16/h3-5,7,12-13,18H,2,6,8-11H2,1H3,(H,22,25)/t13-,17-/m0/s1. The molecule has 4 heterocycles. The fraction of sp³-hybridized carbons (Fsp3) is 0.529. The molecule has 0 aliphatic carbocycles. The molecule has 2 aliphatic rings. The number of fused-ring (bicyclic) bond motifs is 1. The van der Waals surface area contributed by atoms with E-state index in [0.29, 0.717) is 25.6 Å². The van der Waals surface area contributed by atoms with Crippen LogP contribution in [0.5, 0.6) is 0 Å². The summed E-state index contributed by atoms with van der Waals surface area (Å²) in [6, 6.07) is 1.81. The van der Waals surface area contributed by atoms with Gasteiger partial charge in [-0.15, -0.1) is 0 Å². The molecule has 0 unspecified atom stereocenters. The van der Waals surface area contributed by atoms with Crippen molar-refractivity contribution in [1.29, 1.82) is 0 Å². The third-order valence-electron chi connectivity index (χ3n) is 5.38. The van der Waals surface area contributed by atoms with Crippen LogP contribution in [-0.4, -0.2) is 51.6 Å². The Hall–Kier alpha value is -2.48. The third-order valence-corrected chi connectivity index (χ3v) is 5.38. The highest BCUT2D eigenvalue weighted by molar-refractivity contribution is 5.85. The number of carbonyl (C=O) groups excluding carboxylic acids is 1. The summed E-state index contributed by atoms with van der Waals surface area (Å²) in [4.78, 5) is 28.0. The van der Waals surface area contributed by atoms with Crippen molar-refractivity contribution in [2.24, 2.45) is 11.3 Å². The first-order valence-electron chi connectivity index (χ1n) is 8.73. The van der Waals surface area contributed by atoms with Gasteiger partial charge in [0.05, 0.1) is 24.0 Å². The quantitative estimate of drug-likeness (QED) is 0.798. The van der Waals surface area contributed by atoms with E-state index < -0.39 is 5.41 Å². The summed E-state index contributed by atoms with van der Waals surface area (Å²) in [6.45, 7) is 6.41. The molecule has 0 spiro atoms. The maximum atomic E-state index is 13.1. The summed E-state index contributed by atoms with van der Waals surface area (Å²) in [5.74, 6) is 1.07. The van der Waals surface area contributed by atoms with Crippen LogP contribution < -0.4 is 15.5 Å². The largest absolute Gasteiger partial charge is 0.350 e. The summed E-state index contributed by atoms with van der Waals surface area (Å²) in [6.07, 6.45) is 7.09. The number of carbonyl (C=O) groups is 1. The van der Waals surface area contributed by atoms with Crippen molar-refractivity contribution in [1.82, 2.24) is 30.2 Å². The second kappa shape index (κ2) is 6.44. The van der Waals surface area contributed by atoms with Gasteiger partial charge in [0.15, 0.2) is 0 Å². The van der Waals surface area contributed by atoms with Crippen molar-refractivity contribution in [2.75, 3.05) is 31.1 Å². The Kier molecular flexibility index (Phi) is 4.12. The van der Waals surface area contributed by atoms with E-state index in [9.17, 15) is 4.79 Å². The highest BCUT2D eigenvalue weighted by Crippen LogP contribution is 2.40. The molecule has 2 saturated heterocycles.